The molecule has 6 heteroatoms. The molecule has 1 N–H and O–H groups in total. The summed E-state index contributed by atoms with van der Waals surface area (Å²) in [6.45, 7) is 4.09. The molecule has 1 spiro atoms. The normalized spacial score (nSPS) is 28.8. The van der Waals surface area contributed by atoms with Crippen LogP contribution in [-0.4, -0.2) is 42.5 Å². The molecule has 2 saturated heterocycles. The molecule has 1 unspecified atom stereocenters. The molecule has 2 atom stereocenters. The molecule has 4 rings (SSSR count). The fraction of sp³-hybridized carbons (Fsp3) is 0.579. The topological polar surface area (TPSA) is 67.9 Å². The summed E-state index contributed by atoms with van der Waals surface area (Å²) in [5.74, 6) is -1.70. The van der Waals surface area contributed by atoms with Crippen molar-refractivity contribution in [1.82, 2.24) is 4.90 Å². The molecule has 3 heterocycles. The van der Waals surface area contributed by atoms with E-state index in [1.807, 2.05) is 11.8 Å². The van der Waals surface area contributed by atoms with Gasteiger partial charge >= 0.3 is 0 Å². The number of carbonyl (C=O) groups is 2. The number of benzene rings is 1. The summed E-state index contributed by atoms with van der Waals surface area (Å²) in [6, 6.07) is 5.32. The summed E-state index contributed by atoms with van der Waals surface area (Å²) in [5.41, 5.74) is 1.87. The van der Waals surface area contributed by atoms with Crippen LogP contribution in [0.4, 0.5) is 5.69 Å². The highest BCUT2D eigenvalue weighted by molar-refractivity contribution is 6.05. The Bertz CT molecular complexity index is 699. The monoisotopic (exact) mass is 344 g/mol. The third kappa shape index (κ3) is 2.73. The fourth-order valence-electron chi connectivity index (χ4n) is 3.87. The summed E-state index contributed by atoms with van der Waals surface area (Å²) < 4.78 is 11.9. The van der Waals surface area contributed by atoms with Crippen LogP contribution in [0.3, 0.4) is 0 Å². The van der Waals surface area contributed by atoms with Crippen LogP contribution in [0.15, 0.2) is 18.2 Å². The molecule has 3 aliphatic rings. The summed E-state index contributed by atoms with van der Waals surface area (Å²) in [6.07, 6.45) is 4.84. The molecule has 2 fully saturated rings. The van der Waals surface area contributed by atoms with Gasteiger partial charge in [-0.3, -0.25) is 9.59 Å². The van der Waals surface area contributed by atoms with E-state index in [0.717, 1.165) is 38.8 Å². The highest BCUT2D eigenvalue weighted by atomic mass is 16.7. The molecule has 25 heavy (non-hydrogen) atoms. The smallest absolute Gasteiger partial charge is 0.289 e. The van der Waals surface area contributed by atoms with Crippen molar-refractivity contribution in [3.8, 4) is 0 Å². The first-order valence-electron chi connectivity index (χ1n) is 9.21. The highest BCUT2D eigenvalue weighted by Crippen LogP contribution is 2.44. The average Bonchev–Trinajstić information content (AvgIpc) is 2.92. The number of nitrogens with zero attached hydrogens (tertiary/aromatic N) is 1. The van der Waals surface area contributed by atoms with Gasteiger partial charge in [0, 0.05) is 24.2 Å². The molecule has 1 aromatic rings. The molecule has 134 valence electrons. The van der Waals surface area contributed by atoms with Crippen molar-refractivity contribution in [2.24, 2.45) is 0 Å². The molecule has 3 aliphatic heterocycles. The predicted molar refractivity (Wildman–Crippen MR) is 92.2 cm³/mol. The van der Waals surface area contributed by atoms with Gasteiger partial charge in [-0.15, -0.1) is 0 Å². The lowest BCUT2D eigenvalue weighted by molar-refractivity contribution is -0.280. The zero-order chi connectivity index (χ0) is 17.4. The maximum Gasteiger partial charge on any atom is 0.289 e. The molecule has 6 nitrogen and oxygen atoms in total. The Balaban J connectivity index is 1.67. The van der Waals surface area contributed by atoms with E-state index in [0.29, 0.717) is 23.4 Å². The SMILES string of the molecule is CCC1CCO[C@]2(O1)C(=O)Nc1ccc(C(=O)N3CCCCC3)cc12. The van der Waals surface area contributed by atoms with Crippen molar-refractivity contribution in [3.63, 3.8) is 0 Å². The number of nitrogens with one attached hydrogen (secondary N) is 1. The van der Waals surface area contributed by atoms with Crippen molar-refractivity contribution in [2.75, 3.05) is 25.0 Å². The number of anilines is 1. The number of carbonyl (C=O) groups excluding carboxylic acids is 2. The minimum absolute atomic E-state index is 0.0137. The molecular weight excluding hydrogens is 320 g/mol. The minimum atomic E-state index is -1.41. The van der Waals surface area contributed by atoms with Gasteiger partial charge in [-0.2, -0.15) is 0 Å². The van der Waals surface area contributed by atoms with Crippen molar-refractivity contribution < 1.29 is 19.1 Å². The number of ether oxygens (including phenoxy) is 2. The molecule has 0 aromatic heterocycles. The van der Waals surface area contributed by atoms with Crippen LogP contribution in [0.2, 0.25) is 0 Å². The summed E-state index contributed by atoms with van der Waals surface area (Å²) in [4.78, 5) is 27.3. The number of fused-ring (bicyclic) bond motifs is 2. The Labute approximate surface area is 147 Å². The van der Waals surface area contributed by atoms with E-state index in [2.05, 4.69) is 5.32 Å². The van der Waals surface area contributed by atoms with Gasteiger partial charge < -0.3 is 19.7 Å². The Morgan fingerprint density at radius 2 is 2.12 bits per heavy atom. The Morgan fingerprint density at radius 3 is 2.88 bits per heavy atom. The average molecular weight is 344 g/mol. The first kappa shape index (κ1) is 16.5. The lowest BCUT2D eigenvalue weighted by Crippen LogP contribution is -2.47. The quantitative estimate of drug-likeness (QED) is 0.895. The van der Waals surface area contributed by atoms with E-state index in [4.69, 9.17) is 9.47 Å². The number of rotatable bonds is 2. The molecule has 0 aliphatic carbocycles. The van der Waals surface area contributed by atoms with Gasteiger partial charge in [0.05, 0.1) is 18.4 Å². The zero-order valence-electron chi connectivity index (χ0n) is 14.5. The van der Waals surface area contributed by atoms with Crippen LogP contribution in [0.5, 0.6) is 0 Å². The number of hydrogen-bond donors (Lipinski definition) is 1. The van der Waals surface area contributed by atoms with Gasteiger partial charge in [0.2, 0.25) is 0 Å². The summed E-state index contributed by atoms with van der Waals surface area (Å²) >= 11 is 0. The van der Waals surface area contributed by atoms with Crippen LogP contribution < -0.4 is 5.32 Å². The van der Waals surface area contributed by atoms with E-state index in [1.54, 1.807) is 18.2 Å². The van der Waals surface area contributed by atoms with E-state index < -0.39 is 5.79 Å². The predicted octanol–water partition coefficient (Wildman–Crippen LogP) is 2.63. The van der Waals surface area contributed by atoms with Crippen molar-refractivity contribution >= 4 is 17.5 Å². The first-order valence-corrected chi connectivity index (χ1v) is 9.21. The third-order valence-electron chi connectivity index (χ3n) is 5.34. The lowest BCUT2D eigenvalue weighted by atomic mass is 10.0. The van der Waals surface area contributed by atoms with Gasteiger partial charge in [0.15, 0.2) is 0 Å². The van der Waals surface area contributed by atoms with Crippen LogP contribution >= 0.6 is 0 Å². The number of likely N-dealkylation sites (tertiary alicyclic amines) is 1. The standard InChI is InChI=1S/C19H24N2O4/c1-2-14-8-11-24-19(25-14)15-12-13(6-7-16(15)20-18(19)23)17(22)21-9-4-3-5-10-21/h6-7,12,14H,2-5,8-11H2,1H3,(H,20,23)/t14?,19-/m1/s1. The van der Waals surface area contributed by atoms with E-state index in [9.17, 15) is 9.59 Å². The van der Waals surface area contributed by atoms with Gasteiger partial charge in [-0.05, 0) is 50.3 Å². The van der Waals surface area contributed by atoms with Gasteiger partial charge in [-0.25, -0.2) is 0 Å². The Morgan fingerprint density at radius 1 is 1.32 bits per heavy atom. The number of amides is 2. The van der Waals surface area contributed by atoms with E-state index in [-0.39, 0.29) is 17.9 Å². The molecule has 1 aromatic carbocycles. The summed E-state index contributed by atoms with van der Waals surface area (Å²) in [5, 5.41) is 2.83. The van der Waals surface area contributed by atoms with Gasteiger partial charge in [0.25, 0.3) is 17.6 Å². The highest BCUT2D eigenvalue weighted by Gasteiger charge is 2.53. The Hall–Kier alpha value is -1.92. The Kier molecular flexibility index (Phi) is 4.25. The summed E-state index contributed by atoms with van der Waals surface area (Å²) in [7, 11) is 0. The van der Waals surface area contributed by atoms with Crippen LogP contribution in [-0.2, 0) is 20.1 Å². The lowest BCUT2D eigenvalue weighted by Gasteiger charge is -2.36. The minimum Gasteiger partial charge on any atom is -0.339 e. The van der Waals surface area contributed by atoms with E-state index in [1.165, 1.54) is 6.42 Å². The largest absolute Gasteiger partial charge is 0.339 e. The van der Waals surface area contributed by atoms with Crippen LogP contribution in [0.25, 0.3) is 0 Å². The van der Waals surface area contributed by atoms with E-state index >= 15 is 0 Å². The number of piperidine rings is 1. The fourth-order valence-corrected chi connectivity index (χ4v) is 3.87. The maximum absolute atomic E-state index is 12.8. The zero-order valence-corrected chi connectivity index (χ0v) is 14.5. The second kappa shape index (κ2) is 6.42. The molecule has 0 bridgehead atoms. The number of hydrogen-bond acceptors (Lipinski definition) is 4. The second-order valence-corrected chi connectivity index (χ2v) is 6.97. The molecule has 0 saturated carbocycles. The second-order valence-electron chi connectivity index (χ2n) is 6.97. The van der Waals surface area contributed by atoms with Crippen molar-refractivity contribution in [3.05, 3.63) is 29.3 Å². The van der Waals surface area contributed by atoms with Crippen molar-refractivity contribution in [1.29, 1.82) is 0 Å². The molecular formula is C19H24N2O4. The molecule has 2 amide bonds. The third-order valence-corrected chi connectivity index (χ3v) is 5.34. The van der Waals surface area contributed by atoms with Crippen LogP contribution in [0.1, 0.15) is 54.9 Å². The van der Waals surface area contributed by atoms with Crippen LogP contribution in [0, 0.1) is 0 Å². The molecule has 0 radical (unpaired) electrons. The van der Waals surface area contributed by atoms with Gasteiger partial charge in [-0.1, -0.05) is 6.92 Å². The first-order chi connectivity index (χ1) is 12.1. The van der Waals surface area contributed by atoms with Crippen molar-refractivity contribution in [2.45, 2.75) is 50.9 Å². The van der Waals surface area contributed by atoms with Gasteiger partial charge in [0.1, 0.15) is 0 Å². The maximum atomic E-state index is 12.8.